The molecule has 116 valence electrons. The zero-order valence-electron chi connectivity index (χ0n) is 12.6. The number of aliphatic hydroxyl groups excluding tert-OH is 1. The fraction of sp³-hybridized carbons (Fsp3) is 0.529. The van der Waals surface area contributed by atoms with E-state index in [0.29, 0.717) is 18.8 Å². The number of aliphatic hydroxyl groups is 1. The first kappa shape index (κ1) is 16.4. The molecule has 0 spiro atoms. The number of hydrogen-bond donors (Lipinski definition) is 1. The smallest absolute Gasteiger partial charge is 0.0835 e. The molecule has 1 N–H and O–H groups in total. The quantitative estimate of drug-likeness (QED) is 0.822. The highest BCUT2D eigenvalue weighted by Gasteiger charge is 2.37. The van der Waals surface area contributed by atoms with Crippen LogP contribution in [0.3, 0.4) is 0 Å². The van der Waals surface area contributed by atoms with Crippen LogP contribution in [0.5, 0.6) is 0 Å². The minimum Gasteiger partial charge on any atom is -0.396 e. The summed E-state index contributed by atoms with van der Waals surface area (Å²) in [6.07, 6.45) is 4.27. The molecule has 0 saturated carbocycles. The van der Waals surface area contributed by atoms with E-state index in [4.69, 9.17) is 4.74 Å². The second-order valence-corrected chi connectivity index (χ2v) is 7.33. The van der Waals surface area contributed by atoms with Crippen LogP contribution in [0, 0.1) is 12.8 Å². The van der Waals surface area contributed by atoms with Gasteiger partial charge in [-0.15, -0.1) is 6.58 Å². The standard InChI is InChI=1S/C17H24O3S/c1-3-9-17(10-8-15(11-18)12-20-17)13-21(19)16-6-4-14(2)5-7-16/h3-7,15,18H,1,8-13H2,2H3/t15-,17+,21+/m0/s1. The summed E-state index contributed by atoms with van der Waals surface area (Å²) in [5, 5.41) is 9.22. The highest BCUT2D eigenvalue weighted by Crippen LogP contribution is 2.33. The molecule has 1 aliphatic heterocycles. The maximum atomic E-state index is 12.6. The van der Waals surface area contributed by atoms with Gasteiger partial charge in [-0.2, -0.15) is 0 Å². The summed E-state index contributed by atoms with van der Waals surface area (Å²) in [4.78, 5) is 0.844. The number of rotatable bonds is 6. The average molecular weight is 308 g/mol. The molecule has 3 nitrogen and oxygen atoms in total. The summed E-state index contributed by atoms with van der Waals surface area (Å²) in [6, 6.07) is 7.81. The van der Waals surface area contributed by atoms with Crippen LogP contribution in [0.15, 0.2) is 41.8 Å². The van der Waals surface area contributed by atoms with Crippen LogP contribution >= 0.6 is 0 Å². The molecule has 4 heteroatoms. The third-order valence-corrected chi connectivity index (χ3v) is 5.67. The van der Waals surface area contributed by atoms with Crippen LogP contribution < -0.4 is 0 Å². The Labute approximate surface area is 129 Å². The van der Waals surface area contributed by atoms with E-state index in [-0.39, 0.29) is 12.5 Å². The Kier molecular flexibility index (Phi) is 5.73. The zero-order chi connectivity index (χ0) is 15.3. The second kappa shape index (κ2) is 7.34. The first-order valence-electron chi connectivity index (χ1n) is 7.39. The molecule has 1 aliphatic rings. The van der Waals surface area contributed by atoms with E-state index in [1.165, 1.54) is 0 Å². The van der Waals surface area contributed by atoms with Crippen molar-refractivity contribution >= 4 is 10.8 Å². The molecule has 0 aromatic heterocycles. The number of benzene rings is 1. The molecule has 21 heavy (non-hydrogen) atoms. The maximum Gasteiger partial charge on any atom is 0.0835 e. The fourth-order valence-corrected chi connectivity index (χ4v) is 4.10. The van der Waals surface area contributed by atoms with E-state index < -0.39 is 16.4 Å². The Morgan fingerprint density at radius 3 is 2.71 bits per heavy atom. The van der Waals surface area contributed by atoms with Crippen molar-refractivity contribution in [1.29, 1.82) is 0 Å². The molecule has 1 saturated heterocycles. The molecule has 2 rings (SSSR count). The first-order valence-corrected chi connectivity index (χ1v) is 8.71. The van der Waals surface area contributed by atoms with Crippen molar-refractivity contribution in [2.45, 2.75) is 36.7 Å². The van der Waals surface area contributed by atoms with Gasteiger partial charge in [0.05, 0.1) is 28.8 Å². The lowest BCUT2D eigenvalue weighted by Crippen LogP contribution is -2.44. The highest BCUT2D eigenvalue weighted by molar-refractivity contribution is 7.85. The molecule has 0 unspecified atom stereocenters. The minimum absolute atomic E-state index is 0.158. The lowest BCUT2D eigenvalue weighted by atomic mass is 9.88. The van der Waals surface area contributed by atoms with Gasteiger partial charge in [-0.05, 0) is 38.3 Å². The lowest BCUT2D eigenvalue weighted by Gasteiger charge is -2.39. The number of ether oxygens (including phenoxy) is 1. The summed E-state index contributed by atoms with van der Waals surface area (Å²) >= 11 is 0. The fourth-order valence-electron chi connectivity index (χ4n) is 2.67. The summed E-state index contributed by atoms with van der Waals surface area (Å²) in [6.45, 7) is 6.52. The van der Waals surface area contributed by atoms with E-state index in [2.05, 4.69) is 6.58 Å². The summed E-state index contributed by atoms with van der Waals surface area (Å²) in [5.41, 5.74) is 0.764. The van der Waals surface area contributed by atoms with E-state index in [1.54, 1.807) is 0 Å². The topological polar surface area (TPSA) is 46.5 Å². The van der Waals surface area contributed by atoms with Crippen LogP contribution in [0.25, 0.3) is 0 Å². The lowest BCUT2D eigenvalue weighted by molar-refractivity contribution is -0.0919. The van der Waals surface area contributed by atoms with Crippen LogP contribution in [-0.4, -0.2) is 33.9 Å². The van der Waals surface area contributed by atoms with Gasteiger partial charge in [0.1, 0.15) is 0 Å². The van der Waals surface area contributed by atoms with Crippen molar-refractivity contribution in [1.82, 2.24) is 0 Å². The Balaban J connectivity index is 2.07. The van der Waals surface area contributed by atoms with Crippen LogP contribution in [0.4, 0.5) is 0 Å². The average Bonchev–Trinajstić information content (AvgIpc) is 2.49. The summed E-state index contributed by atoms with van der Waals surface area (Å²) in [7, 11) is -1.08. The Hall–Kier alpha value is -0.970. The van der Waals surface area contributed by atoms with E-state index >= 15 is 0 Å². The molecule has 1 aromatic carbocycles. The predicted octanol–water partition coefficient (Wildman–Crippen LogP) is 2.84. The molecule has 0 amide bonds. The SMILES string of the molecule is C=CC[C@]1(C[S@@](=O)c2ccc(C)cc2)CC[C@@H](CO)CO1. The molecule has 1 aromatic rings. The van der Waals surface area contributed by atoms with E-state index in [9.17, 15) is 9.32 Å². The van der Waals surface area contributed by atoms with Crippen LogP contribution in [0.2, 0.25) is 0 Å². The predicted molar refractivity (Wildman–Crippen MR) is 85.8 cm³/mol. The zero-order valence-corrected chi connectivity index (χ0v) is 13.4. The van der Waals surface area contributed by atoms with Crippen molar-refractivity contribution in [3.63, 3.8) is 0 Å². The summed E-state index contributed by atoms with van der Waals surface area (Å²) in [5.74, 6) is 0.691. The van der Waals surface area contributed by atoms with Gasteiger partial charge in [0, 0.05) is 17.4 Å². The molecule has 0 bridgehead atoms. The molecule has 1 fully saturated rings. The number of aryl methyl sites for hydroxylation is 1. The highest BCUT2D eigenvalue weighted by atomic mass is 32.2. The molecule has 1 heterocycles. The van der Waals surface area contributed by atoms with Crippen molar-refractivity contribution in [2.75, 3.05) is 19.0 Å². The van der Waals surface area contributed by atoms with Crippen molar-refractivity contribution in [3.05, 3.63) is 42.5 Å². The summed E-state index contributed by atoms with van der Waals surface area (Å²) < 4.78 is 18.6. The molecular formula is C17H24O3S. The third kappa shape index (κ3) is 4.25. The Morgan fingerprint density at radius 1 is 1.48 bits per heavy atom. The van der Waals surface area contributed by atoms with Crippen molar-refractivity contribution < 1.29 is 14.1 Å². The number of hydrogen-bond acceptors (Lipinski definition) is 3. The van der Waals surface area contributed by atoms with Crippen LogP contribution in [0.1, 0.15) is 24.8 Å². The van der Waals surface area contributed by atoms with Gasteiger partial charge >= 0.3 is 0 Å². The van der Waals surface area contributed by atoms with Gasteiger partial charge in [0.15, 0.2) is 0 Å². The van der Waals surface area contributed by atoms with E-state index in [0.717, 1.165) is 23.3 Å². The Morgan fingerprint density at radius 2 is 2.19 bits per heavy atom. The molecular weight excluding hydrogens is 284 g/mol. The molecule has 3 atom stereocenters. The van der Waals surface area contributed by atoms with Gasteiger partial charge < -0.3 is 9.84 Å². The van der Waals surface area contributed by atoms with Gasteiger partial charge in [0.2, 0.25) is 0 Å². The van der Waals surface area contributed by atoms with Crippen molar-refractivity contribution in [3.8, 4) is 0 Å². The van der Waals surface area contributed by atoms with Gasteiger partial charge in [-0.25, -0.2) is 0 Å². The molecule has 0 aliphatic carbocycles. The minimum atomic E-state index is -1.08. The largest absolute Gasteiger partial charge is 0.396 e. The van der Waals surface area contributed by atoms with E-state index in [1.807, 2.05) is 37.3 Å². The normalized spacial score (nSPS) is 27.2. The second-order valence-electron chi connectivity index (χ2n) is 5.88. The van der Waals surface area contributed by atoms with Gasteiger partial charge in [-0.3, -0.25) is 4.21 Å². The monoisotopic (exact) mass is 308 g/mol. The maximum absolute atomic E-state index is 12.6. The third-order valence-electron chi connectivity index (χ3n) is 4.09. The first-order chi connectivity index (χ1) is 10.1. The molecule has 0 radical (unpaired) electrons. The Bertz CT molecular complexity index is 487. The van der Waals surface area contributed by atoms with Gasteiger partial charge in [0.25, 0.3) is 0 Å². The van der Waals surface area contributed by atoms with Crippen molar-refractivity contribution in [2.24, 2.45) is 5.92 Å². The van der Waals surface area contributed by atoms with Gasteiger partial charge in [-0.1, -0.05) is 23.8 Å². The van der Waals surface area contributed by atoms with Crippen LogP contribution in [-0.2, 0) is 15.5 Å².